The van der Waals surface area contributed by atoms with Gasteiger partial charge >= 0.3 is 0 Å². The number of morpholine rings is 1. The lowest BCUT2D eigenvalue weighted by Gasteiger charge is -2.29. The van der Waals surface area contributed by atoms with Crippen molar-refractivity contribution in [1.82, 2.24) is 15.5 Å². The molecule has 1 fully saturated rings. The molecule has 1 saturated heterocycles. The summed E-state index contributed by atoms with van der Waals surface area (Å²) in [4.78, 5) is 6.89. The summed E-state index contributed by atoms with van der Waals surface area (Å²) in [5, 5.41) is 6.66. The summed E-state index contributed by atoms with van der Waals surface area (Å²) in [5.74, 6) is 0.892. The molecule has 106 valence electrons. The molecule has 2 atom stereocenters. The van der Waals surface area contributed by atoms with Gasteiger partial charge in [0.1, 0.15) is 0 Å². The van der Waals surface area contributed by atoms with E-state index in [1.54, 1.807) is 0 Å². The van der Waals surface area contributed by atoms with Crippen molar-refractivity contribution in [3.05, 3.63) is 0 Å². The minimum absolute atomic E-state index is 0.219. The number of ether oxygens (including phenoxy) is 1. The maximum absolute atomic E-state index is 5.70. The van der Waals surface area contributed by atoms with Crippen LogP contribution in [0.15, 0.2) is 4.99 Å². The summed E-state index contributed by atoms with van der Waals surface area (Å²) in [5.41, 5.74) is 0. The maximum Gasteiger partial charge on any atom is 0.191 e. The zero-order chi connectivity index (χ0) is 13.4. The molecule has 0 aliphatic carbocycles. The number of hydrogen-bond donors (Lipinski definition) is 2. The zero-order valence-electron chi connectivity index (χ0n) is 12.2. The Morgan fingerprint density at radius 2 is 2.28 bits per heavy atom. The SMILES string of the molecule is CCNC(=NCC1CN(C)CCO1)NC(C)CC. The van der Waals surface area contributed by atoms with Gasteiger partial charge in [-0.2, -0.15) is 0 Å². The second-order valence-corrected chi connectivity index (χ2v) is 4.93. The summed E-state index contributed by atoms with van der Waals surface area (Å²) < 4.78 is 5.70. The number of guanidine groups is 1. The largest absolute Gasteiger partial charge is 0.374 e. The smallest absolute Gasteiger partial charge is 0.191 e. The number of nitrogens with one attached hydrogen (secondary N) is 2. The molecule has 1 heterocycles. The molecule has 1 aliphatic rings. The fourth-order valence-corrected chi connectivity index (χ4v) is 1.83. The first-order chi connectivity index (χ1) is 8.65. The second kappa shape index (κ2) is 8.32. The van der Waals surface area contributed by atoms with Gasteiger partial charge in [0, 0.05) is 25.7 Å². The summed E-state index contributed by atoms with van der Waals surface area (Å²) in [7, 11) is 2.13. The minimum Gasteiger partial charge on any atom is -0.374 e. The van der Waals surface area contributed by atoms with Gasteiger partial charge in [-0.15, -0.1) is 0 Å². The quantitative estimate of drug-likeness (QED) is 0.561. The van der Waals surface area contributed by atoms with Crippen LogP contribution in [-0.4, -0.2) is 62.8 Å². The van der Waals surface area contributed by atoms with Crippen LogP contribution in [0.2, 0.25) is 0 Å². The van der Waals surface area contributed by atoms with Crippen molar-refractivity contribution in [3.63, 3.8) is 0 Å². The maximum atomic E-state index is 5.70. The summed E-state index contributed by atoms with van der Waals surface area (Å²) >= 11 is 0. The number of likely N-dealkylation sites (N-methyl/N-ethyl adjacent to an activating group) is 1. The lowest BCUT2D eigenvalue weighted by molar-refractivity contribution is -0.0136. The molecule has 5 nitrogen and oxygen atoms in total. The molecule has 0 aromatic heterocycles. The van der Waals surface area contributed by atoms with Gasteiger partial charge in [-0.05, 0) is 27.3 Å². The molecule has 1 aliphatic heterocycles. The normalized spacial score (nSPS) is 23.8. The Kier molecular flexibility index (Phi) is 7.05. The molecule has 1 rings (SSSR count). The predicted molar refractivity (Wildman–Crippen MR) is 76.1 cm³/mol. The van der Waals surface area contributed by atoms with Crippen LogP contribution in [-0.2, 0) is 4.74 Å². The highest BCUT2D eigenvalue weighted by Gasteiger charge is 2.17. The van der Waals surface area contributed by atoms with Gasteiger partial charge < -0.3 is 20.3 Å². The van der Waals surface area contributed by atoms with Crippen LogP contribution in [0.1, 0.15) is 27.2 Å². The van der Waals surface area contributed by atoms with E-state index in [0.717, 1.165) is 45.2 Å². The monoisotopic (exact) mass is 256 g/mol. The molecular weight excluding hydrogens is 228 g/mol. The molecule has 0 spiro atoms. The fourth-order valence-electron chi connectivity index (χ4n) is 1.83. The first kappa shape index (κ1) is 15.2. The van der Waals surface area contributed by atoms with Gasteiger partial charge in [0.05, 0.1) is 19.3 Å². The molecule has 18 heavy (non-hydrogen) atoms. The van der Waals surface area contributed by atoms with Gasteiger partial charge in [-0.3, -0.25) is 4.99 Å². The highest BCUT2D eigenvalue weighted by molar-refractivity contribution is 5.80. The molecule has 2 unspecified atom stereocenters. The van der Waals surface area contributed by atoms with Gasteiger partial charge in [0.25, 0.3) is 0 Å². The van der Waals surface area contributed by atoms with E-state index in [4.69, 9.17) is 4.74 Å². The van der Waals surface area contributed by atoms with Crippen LogP contribution in [0.4, 0.5) is 0 Å². The van der Waals surface area contributed by atoms with Crippen LogP contribution < -0.4 is 10.6 Å². The number of nitrogens with zero attached hydrogens (tertiary/aromatic N) is 2. The molecule has 0 saturated carbocycles. The minimum atomic E-state index is 0.219. The predicted octanol–water partition coefficient (Wildman–Crippen LogP) is 0.671. The standard InChI is InChI=1S/C13H28N4O/c1-5-11(3)16-13(14-6-2)15-9-12-10-17(4)7-8-18-12/h11-12H,5-10H2,1-4H3,(H2,14,15,16). The Balaban J connectivity index is 2.43. The van der Waals surface area contributed by atoms with Crippen LogP contribution in [0, 0.1) is 0 Å². The third-order valence-electron chi connectivity index (χ3n) is 3.13. The molecule has 0 amide bonds. The lowest BCUT2D eigenvalue weighted by Crippen LogP contribution is -2.44. The van der Waals surface area contributed by atoms with Gasteiger partial charge in [-0.1, -0.05) is 6.92 Å². The van der Waals surface area contributed by atoms with Crippen molar-refractivity contribution in [2.45, 2.75) is 39.3 Å². The molecular formula is C13H28N4O. The van der Waals surface area contributed by atoms with Crippen molar-refractivity contribution in [2.24, 2.45) is 4.99 Å². The molecule has 0 aromatic rings. The van der Waals surface area contributed by atoms with Crippen LogP contribution in [0.25, 0.3) is 0 Å². The highest BCUT2D eigenvalue weighted by Crippen LogP contribution is 2.03. The summed E-state index contributed by atoms with van der Waals surface area (Å²) in [6, 6.07) is 0.442. The number of rotatable bonds is 5. The average Bonchev–Trinajstić information content (AvgIpc) is 2.36. The summed E-state index contributed by atoms with van der Waals surface area (Å²) in [6.07, 6.45) is 1.31. The van der Waals surface area contributed by atoms with Crippen LogP contribution in [0.3, 0.4) is 0 Å². The molecule has 0 aromatic carbocycles. The van der Waals surface area contributed by atoms with Crippen molar-refractivity contribution in [1.29, 1.82) is 0 Å². The average molecular weight is 256 g/mol. The topological polar surface area (TPSA) is 48.9 Å². The zero-order valence-corrected chi connectivity index (χ0v) is 12.2. The van der Waals surface area contributed by atoms with E-state index in [-0.39, 0.29) is 6.10 Å². The third kappa shape index (κ3) is 5.69. The van der Waals surface area contributed by atoms with E-state index in [9.17, 15) is 0 Å². The van der Waals surface area contributed by atoms with Crippen molar-refractivity contribution < 1.29 is 4.74 Å². The van der Waals surface area contributed by atoms with Crippen molar-refractivity contribution in [3.8, 4) is 0 Å². The highest BCUT2D eigenvalue weighted by atomic mass is 16.5. The molecule has 0 bridgehead atoms. The second-order valence-electron chi connectivity index (χ2n) is 4.93. The fraction of sp³-hybridized carbons (Fsp3) is 0.923. The van der Waals surface area contributed by atoms with E-state index in [2.05, 4.69) is 48.3 Å². The van der Waals surface area contributed by atoms with Gasteiger partial charge in [0.15, 0.2) is 5.96 Å². The van der Waals surface area contributed by atoms with E-state index < -0.39 is 0 Å². The molecule has 2 N–H and O–H groups in total. The van der Waals surface area contributed by atoms with Crippen LogP contribution in [0.5, 0.6) is 0 Å². The molecule has 5 heteroatoms. The third-order valence-corrected chi connectivity index (χ3v) is 3.13. The van der Waals surface area contributed by atoms with E-state index in [0.29, 0.717) is 6.04 Å². The first-order valence-corrected chi connectivity index (χ1v) is 7.00. The van der Waals surface area contributed by atoms with E-state index in [1.807, 2.05) is 0 Å². The Hall–Kier alpha value is -0.810. The number of aliphatic imine (C=N–C) groups is 1. The Morgan fingerprint density at radius 1 is 1.50 bits per heavy atom. The van der Waals surface area contributed by atoms with Gasteiger partial charge in [0.2, 0.25) is 0 Å². The lowest BCUT2D eigenvalue weighted by atomic mass is 10.2. The molecule has 0 radical (unpaired) electrons. The number of hydrogen-bond acceptors (Lipinski definition) is 3. The Bertz CT molecular complexity index is 257. The summed E-state index contributed by atoms with van der Waals surface area (Å²) in [6.45, 7) is 10.8. The van der Waals surface area contributed by atoms with Crippen LogP contribution >= 0.6 is 0 Å². The van der Waals surface area contributed by atoms with Gasteiger partial charge in [-0.25, -0.2) is 0 Å². The first-order valence-electron chi connectivity index (χ1n) is 7.00. The Labute approximate surface area is 111 Å². The van der Waals surface area contributed by atoms with E-state index >= 15 is 0 Å². The Morgan fingerprint density at radius 3 is 2.89 bits per heavy atom. The van der Waals surface area contributed by atoms with Crippen molar-refractivity contribution >= 4 is 5.96 Å². The van der Waals surface area contributed by atoms with Crippen molar-refractivity contribution in [2.75, 3.05) is 39.8 Å². The van der Waals surface area contributed by atoms with E-state index in [1.165, 1.54) is 0 Å².